The molecule has 0 saturated carbocycles. The summed E-state index contributed by atoms with van der Waals surface area (Å²) in [6, 6.07) is 8.57. The van der Waals surface area contributed by atoms with Gasteiger partial charge in [0.25, 0.3) is 5.91 Å². The molecule has 20 heavy (non-hydrogen) atoms. The second-order valence-corrected chi connectivity index (χ2v) is 4.13. The van der Waals surface area contributed by atoms with Crippen LogP contribution in [-0.2, 0) is 9.59 Å². The number of amides is 2. The molecule has 0 atom stereocenters. The molecule has 1 aromatic rings. The average Bonchev–Trinajstić information content (AvgIpc) is 2.75. The van der Waals surface area contributed by atoms with Crippen LogP contribution in [0.25, 0.3) is 0 Å². The van der Waals surface area contributed by atoms with Crippen molar-refractivity contribution in [3.05, 3.63) is 29.8 Å². The number of ether oxygens (including phenoxy) is 1. The van der Waals surface area contributed by atoms with Gasteiger partial charge in [0.05, 0.1) is 12.1 Å². The van der Waals surface area contributed by atoms with Crippen molar-refractivity contribution in [2.45, 2.75) is 0 Å². The summed E-state index contributed by atoms with van der Waals surface area (Å²) in [4.78, 5) is 28.0. The standard InChI is InChI=1S/C13H12N4O3/c1-17-7-11(18)15-13(17)16-12(19)8-20-10-5-3-2-4-9(10)6-14/h2-5H,7-8H2,1H3,(H,15,16,18,19). The molecule has 0 aliphatic carbocycles. The first-order valence-electron chi connectivity index (χ1n) is 5.84. The molecule has 1 fully saturated rings. The Labute approximate surface area is 115 Å². The maximum absolute atomic E-state index is 11.7. The summed E-state index contributed by atoms with van der Waals surface area (Å²) < 4.78 is 5.25. The number of hydrogen-bond acceptors (Lipinski definition) is 4. The third kappa shape index (κ3) is 3.11. The molecule has 2 amide bonds. The van der Waals surface area contributed by atoms with Gasteiger partial charge >= 0.3 is 0 Å². The van der Waals surface area contributed by atoms with E-state index >= 15 is 0 Å². The van der Waals surface area contributed by atoms with Crippen LogP contribution < -0.4 is 10.1 Å². The smallest absolute Gasteiger partial charge is 0.286 e. The summed E-state index contributed by atoms with van der Waals surface area (Å²) in [5.74, 6) is -0.221. The van der Waals surface area contributed by atoms with Crippen LogP contribution in [0, 0.1) is 11.3 Å². The topological polar surface area (TPSA) is 94.8 Å². The molecular weight excluding hydrogens is 260 g/mol. The van der Waals surface area contributed by atoms with E-state index in [9.17, 15) is 9.59 Å². The van der Waals surface area contributed by atoms with Gasteiger partial charge in [-0.25, -0.2) is 0 Å². The van der Waals surface area contributed by atoms with Crippen LogP contribution in [-0.4, -0.2) is 42.9 Å². The van der Waals surface area contributed by atoms with Crippen molar-refractivity contribution in [2.24, 2.45) is 4.99 Å². The van der Waals surface area contributed by atoms with Crippen LogP contribution in [0.3, 0.4) is 0 Å². The molecule has 0 aromatic heterocycles. The normalized spacial score (nSPS) is 15.9. The average molecular weight is 272 g/mol. The van der Waals surface area contributed by atoms with E-state index in [2.05, 4.69) is 10.3 Å². The molecule has 102 valence electrons. The lowest BCUT2D eigenvalue weighted by atomic mass is 10.2. The van der Waals surface area contributed by atoms with Gasteiger partial charge in [-0.05, 0) is 12.1 Å². The summed E-state index contributed by atoms with van der Waals surface area (Å²) in [7, 11) is 1.65. The fraction of sp³-hybridized carbons (Fsp3) is 0.231. The second-order valence-electron chi connectivity index (χ2n) is 4.13. The lowest BCUT2D eigenvalue weighted by Gasteiger charge is -2.08. The van der Waals surface area contributed by atoms with E-state index < -0.39 is 5.91 Å². The third-order valence-corrected chi connectivity index (χ3v) is 2.58. The van der Waals surface area contributed by atoms with Crippen molar-refractivity contribution in [3.63, 3.8) is 0 Å². The molecule has 1 N–H and O–H groups in total. The van der Waals surface area contributed by atoms with Crippen LogP contribution in [0.5, 0.6) is 5.75 Å². The number of carbonyl (C=O) groups excluding carboxylic acids is 2. The number of nitrogens with one attached hydrogen (secondary N) is 1. The van der Waals surface area contributed by atoms with E-state index in [4.69, 9.17) is 10.00 Å². The van der Waals surface area contributed by atoms with Gasteiger partial charge in [-0.1, -0.05) is 12.1 Å². The van der Waals surface area contributed by atoms with Crippen LogP contribution in [0.1, 0.15) is 5.56 Å². The summed E-state index contributed by atoms with van der Waals surface area (Å²) in [6.45, 7) is -0.129. The second kappa shape index (κ2) is 5.84. The van der Waals surface area contributed by atoms with Gasteiger partial charge in [0.2, 0.25) is 11.9 Å². The van der Waals surface area contributed by atoms with Gasteiger partial charge in [-0.2, -0.15) is 10.3 Å². The Bertz CT molecular complexity index is 618. The van der Waals surface area contributed by atoms with Gasteiger partial charge in [0.1, 0.15) is 11.8 Å². The highest BCUT2D eigenvalue weighted by atomic mass is 16.5. The summed E-state index contributed by atoms with van der Waals surface area (Å²) >= 11 is 0. The molecule has 1 heterocycles. The highest BCUT2D eigenvalue weighted by molar-refractivity contribution is 6.07. The minimum atomic E-state index is -0.540. The minimum Gasteiger partial charge on any atom is -0.482 e. The van der Waals surface area contributed by atoms with Crippen LogP contribution in [0.2, 0.25) is 0 Å². The largest absolute Gasteiger partial charge is 0.482 e. The molecule has 0 unspecified atom stereocenters. The number of nitriles is 1. The van der Waals surface area contributed by atoms with Crippen molar-refractivity contribution in [1.29, 1.82) is 5.26 Å². The Morgan fingerprint density at radius 3 is 2.95 bits per heavy atom. The van der Waals surface area contributed by atoms with Crippen LogP contribution in [0.4, 0.5) is 0 Å². The zero-order valence-corrected chi connectivity index (χ0v) is 10.8. The fourth-order valence-electron chi connectivity index (χ4n) is 1.64. The van der Waals surface area contributed by atoms with Gasteiger partial charge in [0, 0.05) is 7.05 Å². The highest BCUT2D eigenvalue weighted by Crippen LogP contribution is 2.16. The first-order chi connectivity index (χ1) is 9.60. The Morgan fingerprint density at radius 2 is 2.30 bits per heavy atom. The number of benzene rings is 1. The number of likely N-dealkylation sites (N-methyl/N-ethyl adjacent to an activating group) is 1. The quantitative estimate of drug-likeness (QED) is 0.827. The SMILES string of the molecule is CN1CC(=O)NC1=NC(=O)COc1ccccc1C#N. The summed E-state index contributed by atoms with van der Waals surface area (Å²) in [5.41, 5.74) is 0.347. The molecule has 7 heteroatoms. The molecule has 1 aliphatic rings. The Morgan fingerprint density at radius 1 is 1.55 bits per heavy atom. The Kier molecular flexibility index (Phi) is 3.96. The van der Waals surface area contributed by atoms with E-state index in [1.54, 1.807) is 31.3 Å². The van der Waals surface area contributed by atoms with E-state index in [1.165, 1.54) is 4.90 Å². The molecule has 0 radical (unpaired) electrons. The van der Waals surface area contributed by atoms with Gasteiger partial charge in [-0.3, -0.25) is 14.9 Å². The number of hydrogen-bond donors (Lipinski definition) is 1. The lowest BCUT2D eigenvalue weighted by molar-refractivity contribution is -0.119. The first kappa shape index (κ1) is 13.5. The number of rotatable bonds is 3. The molecule has 0 spiro atoms. The van der Waals surface area contributed by atoms with Gasteiger partial charge in [-0.15, -0.1) is 0 Å². The van der Waals surface area contributed by atoms with E-state index in [0.29, 0.717) is 11.3 Å². The predicted molar refractivity (Wildman–Crippen MR) is 69.9 cm³/mol. The number of aliphatic imine (C=N–C) groups is 1. The van der Waals surface area contributed by atoms with Crippen molar-refractivity contribution in [3.8, 4) is 11.8 Å². The van der Waals surface area contributed by atoms with Crippen LogP contribution in [0.15, 0.2) is 29.3 Å². The molecule has 2 rings (SSSR count). The molecule has 1 aliphatic heterocycles. The van der Waals surface area contributed by atoms with Crippen LogP contribution >= 0.6 is 0 Å². The number of guanidine groups is 1. The van der Waals surface area contributed by atoms with Crippen molar-refractivity contribution >= 4 is 17.8 Å². The maximum Gasteiger partial charge on any atom is 0.286 e. The number of para-hydroxylation sites is 1. The number of nitrogens with zero attached hydrogens (tertiary/aromatic N) is 3. The molecule has 1 aromatic carbocycles. The maximum atomic E-state index is 11.7. The van der Waals surface area contributed by atoms with Crippen molar-refractivity contribution in [1.82, 2.24) is 10.2 Å². The minimum absolute atomic E-state index is 0.171. The lowest BCUT2D eigenvalue weighted by Crippen LogP contribution is -2.29. The Balaban J connectivity index is 1.98. The molecule has 0 bridgehead atoms. The van der Waals surface area contributed by atoms with Gasteiger partial charge < -0.3 is 9.64 Å². The first-order valence-corrected chi connectivity index (χ1v) is 5.84. The predicted octanol–water partition coefficient (Wildman–Crippen LogP) is -0.119. The van der Waals surface area contributed by atoms with E-state index in [0.717, 1.165) is 0 Å². The summed E-state index contributed by atoms with van der Waals surface area (Å²) in [6.07, 6.45) is 0. The molecular formula is C13H12N4O3. The summed E-state index contributed by atoms with van der Waals surface area (Å²) in [5, 5.41) is 11.3. The zero-order valence-electron chi connectivity index (χ0n) is 10.8. The fourth-order valence-corrected chi connectivity index (χ4v) is 1.64. The third-order valence-electron chi connectivity index (χ3n) is 2.58. The van der Waals surface area contributed by atoms with E-state index in [1.807, 2.05) is 6.07 Å². The Hall–Kier alpha value is -2.88. The van der Waals surface area contributed by atoms with Crippen molar-refractivity contribution < 1.29 is 14.3 Å². The van der Waals surface area contributed by atoms with E-state index in [-0.39, 0.29) is 25.0 Å². The van der Waals surface area contributed by atoms with Crippen molar-refractivity contribution in [2.75, 3.05) is 20.2 Å². The molecule has 1 saturated heterocycles. The molecule has 7 nitrogen and oxygen atoms in total. The highest BCUT2D eigenvalue weighted by Gasteiger charge is 2.22. The monoisotopic (exact) mass is 272 g/mol. The van der Waals surface area contributed by atoms with Gasteiger partial charge in [0.15, 0.2) is 6.61 Å². The zero-order chi connectivity index (χ0) is 14.5. The number of carbonyl (C=O) groups is 2.